The Bertz CT molecular complexity index is 906. The van der Waals surface area contributed by atoms with E-state index < -0.39 is 5.97 Å². The molecule has 0 saturated carbocycles. The van der Waals surface area contributed by atoms with E-state index in [-0.39, 0.29) is 31.1 Å². The molecule has 1 aliphatic rings. The standard InChI is InChI=1S/C20H22N2O5S/c1-27-13-6-2-5-12(11-13)21-19(26)18-14-7-3-8-15(14)28-20(18)22-16(23)9-4-10-17(24)25/h2,5-6,11H,3-4,7-10H2,1H3,(H,21,26)(H,22,23)(H,24,25). The third-order valence-corrected chi connectivity index (χ3v) is 5.73. The molecule has 1 aromatic carbocycles. The van der Waals surface area contributed by atoms with Crippen LogP contribution in [0, 0.1) is 0 Å². The lowest BCUT2D eigenvalue weighted by Crippen LogP contribution is -2.18. The predicted octanol–water partition coefficient (Wildman–Crippen LogP) is 3.69. The van der Waals surface area contributed by atoms with Crippen LogP contribution in [0.4, 0.5) is 10.7 Å². The highest BCUT2D eigenvalue weighted by molar-refractivity contribution is 7.17. The Morgan fingerprint density at radius 3 is 2.75 bits per heavy atom. The van der Waals surface area contributed by atoms with Crippen LogP contribution in [0.2, 0.25) is 0 Å². The molecule has 3 N–H and O–H groups in total. The molecule has 2 amide bonds. The van der Waals surface area contributed by atoms with E-state index >= 15 is 0 Å². The molecule has 8 heteroatoms. The summed E-state index contributed by atoms with van der Waals surface area (Å²) in [6, 6.07) is 7.09. The number of carbonyl (C=O) groups is 3. The number of fused-ring (bicyclic) bond motifs is 1. The van der Waals surface area contributed by atoms with Crippen molar-refractivity contribution in [3.63, 3.8) is 0 Å². The zero-order chi connectivity index (χ0) is 20.1. The van der Waals surface area contributed by atoms with Crippen molar-refractivity contribution < 1.29 is 24.2 Å². The van der Waals surface area contributed by atoms with E-state index in [4.69, 9.17) is 9.84 Å². The molecule has 28 heavy (non-hydrogen) atoms. The van der Waals surface area contributed by atoms with Crippen molar-refractivity contribution >= 4 is 39.8 Å². The first kappa shape index (κ1) is 19.9. The van der Waals surface area contributed by atoms with Gasteiger partial charge in [0.15, 0.2) is 0 Å². The number of amides is 2. The topological polar surface area (TPSA) is 105 Å². The first-order valence-corrected chi connectivity index (χ1v) is 9.91. The number of nitrogens with one attached hydrogen (secondary N) is 2. The molecule has 0 radical (unpaired) electrons. The Morgan fingerprint density at radius 2 is 2.00 bits per heavy atom. The van der Waals surface area contributed by atoms with Crippen molar-refractivity contribution in [3.8, 4) is 5.75 Å². The number of rotatable bonds is 8. The molecule has 1 aromatic heterocycles. The van der Waals surface area contributed by atoms with Gasteiger partial charge in [0.25, 0.3) is 5.91 Å². The van der Waals surface area contributed by atoms with Crippen LogP contribution in [0.15, 0.2) is 24.3 Å². The SMILES string of the molecule is COc1cccc(NC(=O)c2c(NC(=O)CCCC(=O)O)sc3c2CCC3)c1. The second-order valence-electron chi connectivity index (χ2n) is 6.54. The molecule has 0 aliphatic heterocycles. The van der Waals surface area contributed by atoms with Gasteiger partial charge in [-0.05, 0) is 43.4 Å². The van der Waals surface area contributed by atoms with Crippen molar-refractivity contribution in [1.29, 1.82) is 0 Å². The maximum Gasteiger partial charge on any atom is 0.303 e. The Hall–Kier alpha value is -2.87. The van der Waals surface area contributed by atoms with Gasteiger partial charge in [0.2, 0.25) is 5.91 Å². The molecule has 1 heterocycles. The number of thiophene rings is 1. The van der Waals surface area contributed by atoms with E-state index in [0.717, 1.165) is 29.7 Å². The number of carboxylic acid groups (broad SMARTS) is 1. The minimum Gasteiger partial charge on any atom is -0.497 e. The fourth-order valence-electron chi connectivity index (χ4n) is 3.22. The number of carbonyl (C=O) groups excluding carboxylic acids is 2. The summed E-state index contributed by atoms with van der Waals surface area (Å²) in [5, 5.41) is 14.9. The van der Waals surface area contributed by atoms with Gasteiger partial charge in [0, 0.05) is 29.5 Å². The van der Waals surface area contributed by atoms with Crippen LogP contribution in [-0.2, 0) is 22.4 Å². The molecule has 7 nitrogen and oxygen atoms in total. The summed E-state index contributed by atoms with van der Waals surface area (Å²) in [4.78, 5) is 36.9. The molecule has 0 atom stereocenters. The molecule has 148 valence electrons. The molecule has 2 aromatic rings. The number of hydrogen-bond acceptors (Lipinski definition) is 5. The van der Waals surface area contributed by atoms with E-state index in [2.05, 4.69) is 10.6 Å². The fraction of sp³-hybridized carbons (Fsp3) is 0.350. The third-order valence-electron chi connectivity index (χ3n) is 4.52. The van der Waals surface area contributed by atoms with Crippen LogP contribution in [0.5, 0.6) is 5.75 Å². The summed E-state index contributed by atoms with van der Waals surface area (Å²) >= 11 is 1.43. The van der Waals surface area contributed by atoms with Crippen molar-refractivity contribution in [2.75, 3.05) is 17.7 Å². The zero-order valence-corrected chi connectivity index (χ0v) is 16.4. The molecular weight excluding hydrogens is 380 g/mol. The minimum atomic E-state index is -0.929. The van der Waals surface area contributed by atoms with Gasteiger partial charge in [-0.3, -0.25) is 14.4 Å². The Kier molecular flexibility index (Phi) is 6.30. The molecular formula is C20H22N2O5S. The smallest absolute Gasteiger partial charge is 0.303 e. The van der Waals surface area contributed by atoms with Crippen LogP contribution < -0.4 is 15.4 Å². The minimum absolute atomic E-state index is 0.0580. The maximum atomic E-state index is 13.0. The lowest BCUT2D eigenvalue weighted by Gasteiger charge is -2.10. The number of aryl methyl sites for hydroxylation is 1. The fourth-order valence-corrected chi connectivity index (χ4v) is 4.52. The summed E-state index contributed by atoms with van der Waals surface area (Å²) in [5.74, 6) is -0.841. The molecule has 1 aliphatic carbocycles. The second kappa shape index (κ2) is 8.88. The average molecular weight is 402 g/mol. The quantitative estimate of drug-likeness (QED) is 0.625. The third kappa shape index (κ3) is 4.69. The largest absolute Gasteiger partial charge is 0.497 e. The number of hydrogen-bond donors (Lipinski definition) is 3. The summed E-state index contributed by atoms with van der Waals surface area (Å²) in [7, 11) is 1.56. The van der Waals surface area contributed by atoms with E-state index in [0.29, 0.717) is 22.0 Å². The van der Waals surface area contributed by atoms with Crippen molar-refractivity contribution in [2.24, 2.45) is 0 Å². The van der Waals surface area contributed by atoms with Crippen molar-refractivity contribution in [3.05, 3.63) is 40.3 Å². The molecule has 0 unspecified atom stereocenters. The van der Waals surface area contributed by atoms with Gasteiger partial charge in [-0.1, -0.05) is 6.07 Å². The molecule has 0 spiro atoms. The van der Waals surface area contributed by atoms with E-state index in [1.807, 2.05) is 0 Å². The van der Waals surface area contributed by atoms with Crippen LogP contribution in [0.25, 0.3) is 0 Å². The second-order valence-corrected chi connectivity index (χ2v) is 7.65. The van der Waals surface area contributed by atoms with Crippen molar-refractivity contribution in [2.45, 2.75) is 38.5 Å². The monoisotopic (exact) mass is 402 g/mol. The lowest BCUT2D eigenvalue weighted by molar-refractivity contribution is -0.137. The zero-order valence-electron chi connectivity index (χ0n) is 15.5. The number of benzene rings is 1. The Balaban J connectivity index is 1.76. The number of carboxylic acids is 1. The highest BCUT2D eigenvalue weighted by Gasteiger charge is 2.27. The number of anilines is 2. The van der Waals surface area contributed by atoms with E-state index in [1.54, 1.807) is 31.4 Å². The molecule has 0 bridgehead atoms. The van der Waals surface area contributed by atoms with E-state index in [9.17, 15) is 14.4 Å². The van der Waals surface area contributed by atoms with Gasteiger partial charge in [0.1, 0.15) is 10.8 Å². The summed E-state index contributed by atoms with van der Waals surface area (Å²) in [6.45, 7) is 0. The maximum absolute atomic E-state index is 13.0. The summed E-state index contributed by atoms with van der Waals surface area (Å²) in [5.41, 5.74) is 2.11. The summed E-state index contributed by atoms with van der Waals surface area (Å²) < 4.78 is 5.18. The molecule has 0 fully saturated rings. The lowest BCUT2D eigenvalue weighted by atomic mass is 10.1. The predicted molar refractivity (Wildman–Crippen MR) is 107 cm³/mol. The molecule has 0 saturated heterocycles. The normalized spacial score (nSPS) is 12.3. The van der Waals surface area contributed by atoms with E-state index in [1.165, 1.54) is 11.3 Å². The van der Waals surface area contributed by atoms with Crippen LogP contribution in [0.1, 0.15) is 46.5 Å². The van der Waals surface area contributed by atoms with Gasteiger partial charge in [-0.15, -0.1) is 11.3 Å². The van der Waals surface area contributed by atoms with Gasteiger partial charge >= 0.3 is 5.97 Å². The van der Waals surface area contributed by atoms with Gasteiger partial charge in [-0.2, -0.15) is 0 Å². The highest BCUT2D eigenvalue weighted by atomic mass is 32.1. The number of ether oxygens (including phenoxy) is 1. The first-order chi connectivity index (χ1) is 13.5. The Morgan fingerprint density at radius 1 is 1.18 bits per heavy atom. The highest BCUT2D eigenvalue weighted by Crippen LogP contribution is 2.39. The first-order valence-electron chi connectivity index (χ1n) is 9.09. The summed E-state index contributed by atoms with van der Waals surface area (Å²) in [6.07, 6.45) is 3.00. The molecule has 3 rings (SSSR count). The number of aliphatic carboxylic acids is 1. The van der Waals surface area contributed by atoms with Crippen LogP contribution in [-0.4, -0.2) is 30.0 Å². The number of methoxy groups -OCH3 is 1. The van der Waals surface area contributed by atoms with Gasteiger partial charge in [0.05, 0.1) is 12.7 Å². The van der Waals surface area contributed by atoms with Crippen molar-refractivity contribution in [1.82, 2.24) is 0 Å². The van der Waals surface area contributed by atoms with Crippen LogP contribution >= 0.6 is 11.3 Å². The van der Waals surface area contributed by atoms with Crippen LogP contribution in [0.3, 0.4) is 0 Å². The Labute approximate surface area is 166 Å². The van der Waals surface area contributed by atoms with Gasteiger partial charge in [-0.25, -0.2) is 0 Å². The van der Waals surface area contributed by atoms with Gasteiger partial charge < -0.3 is 20.5 Å². The average Bonchev–Trinajstić information content (AvgIpc) is 3.22.